The summed E-state index contributed by atoms with van der Waals surface area (Å²) in [6, 6.07) is 16.6. The highest BCUT2D eigenvalue weighted by Gasteiger charge is 2.21. The van der Waals surface area contributed by atoms with Crippen molar-refractivity contribution < 1.29 is 4.79 Å². The zero-order chi connectivity index (χ0) is 17.5. The van der Waals surface area contributed by atoms with E-state index in [0.717, 1.165) is 31.6 Å². The number of nitrogens with zero attached hydrogens (tertiary/aromatic N) is 3. The molecule has 5 heteroatoms. The quantitative estimate of drug-likeness (QED) is 0.878. The van der Waals surface area contributed by atoms with Gasteiger partial charge in [0.05, 0.1) is 12.2 Å². The lowest BCUT2D eigenvalue weighted by molar-refractivity contribution is -0.122. The Morgan fingerprint density at radius 1 is 1.16 bits per heavy atom. The summed E-state index contributed by atoms with van der Waals surface area (Å²) in [6.45, 7) is 3.05. The number of hydrogen-bond donors (Lipinski definition) is 1. The first kappa shape index (κ1) is 17.4. The van der Waals surface area contributed by atoms with Crippen molar-refractivity contribution in [1.82, 2.24) is 15.2 Å². The van der Waals surface area contributed by atoms with Gasteiger partial charge < -0.3 is 10.2 Å². The largest absolute Gasteiger partial charge is 0.371 e. The third-order valence-electron chi connectivity index (χ3n) is 4.55. The number of likely N-dealkylation sites (N-methyl/N-ethyl adjacent to an activating group) is 1. The molecular formula is C20H26N4O. The zero-order valence-corrected chi connectivity index (χ0v) is 14.8. The van der Waals surface area contributed by atoms with Crippen LogP contribution in [0.5, 0.6) is 0 Å². The first-order chi connectivity index (χ1) is 12.2. The van der Waals surface area contributed by atoms with Crippen LogP contribution in [0.4, 0.5) is 5.69 Å². The molecule has 1 fully saturated rings. The van der Waals surface area contributed by atoms with Crippen LogP contribution >= 0.6 is 0 Å². The number of anilines is 1. The molecule has 0 saturated carbocycles. The Morgan fingerprint density at radius 2 is 1.88 bits per heavy atom. The van der Waals surface area contributed by atoms with Gasteiger partial charge in [-0.25, -0.2) is 0 Å². The molecule has 1 amide bonds. The van der Waals surface area contributed by atoms with Crippen molar-refractivity contribution >= 4 is 11.6 Å². The summed E-state index contributed by atoms with van der Waals surface area (Å²) in [5, 5.41) is 3.18. The molecule has 1 aromatic carbocycles. The van der Waals surface area contributed by atoms with E-state index in [1.165, 1.54) is 5.69 Å². The highest BCUT2D eigenvalue weighted by atomic mass is 16.2. The average molecular weight is 338 g/mol. The summed E-state index contributed by atoms with van der Waals surface area (Å²) in [5.74, 6) is 0.0941. The van der Waals surface area contributed by atoms with Gasteiger partial charge in [0.25, 0.3) is 0 Å². The van der Waals surface area contributed by atoms with Gasteiger partial charge in [-0.3, -0.25) is 14.7 Å². The summed E-state index contributed by atoms with van der Waals surface area (Å²) < 4.78 is 0. The molecule has 0 unspecified atom stereocenters. The molecule has 1 N–H and O–H groups in total. The molecule has 0 spiro atoms. The Morgan fingerprint density at radius 3 is 2.56 bits per heavy atom. The molecule has 1 aromatic heterocycles. The van der Waals surface area contributed by atoms with E-state index in [1.54, 1.807) is 6.20 Å². The monoisotopic (exact) mass is 338 g/mol. The zero-order valence-electron chi connectivity index (χ0n) is 14.8. The van der Waals surface area contributed by atoms with E-state index in [1.807, 2.05) is 36.2 Å². The Hall–Kier alpha value is -2.40. The third kappa shape index (κ3) is 5.29. The number of aromatic nitrogens is 1. The number of hydrogen-bond acceptors (Lipinski definition) is 4. The van der Waals surface area contributed by atoms with Crippen LogP contribution in [0, 0.1) is 0 Å². The van der Waals surface area contributed by atoms with Crippen LogP contribution in [-0.2, 0) is 11.3 Å². The minimum absolute atomic E-state index is 0.0941. The first-order valence-electron chi connectivity index (χ1n) is 8.88. The molecule has 132 valence electrons. The van der Waals surface area contributed by atoms with Gasteiger partial charge in [0.1, 0.15) is 0 Å². The lowest BCUT2D eigenvalue weighted by Crippen LogP contribution is -2.47. The molecule has 2 heterocycles. The van der Waals surface area contributed by atoms with Crippen molar-refractivity contribution in [2.24, 2.45) is 0 Å². The summed E-state index contributed by atoms with van der Waals surface area (Å²) in [6.07, 6.45) is 3.76. The number of amides is 1. The van der Waals surface area contributed by atoms with Gasteiger partial charge in [0.2, 0.25) is 5.91 Å². The van der Waals surface area contributed by atoms with Crippen molar-refractivity contribution in [2.45, 2.75) is 25.4 Å². The highest BCUT2D eigenvalue weighted by molar-refractivity contribution is 5.78. The molecule has 1 aliphatic rings. The van der Waals surface area contributed by atoms with Crippen molar-refractivity contribution in [1.29, 1.82) is 0 Å². The highest BCUT2D eigenvalue weighted by Crippen LogP contribution is 2.19. The van der Waals surface area contributed by atoms with Crippen LogP contribution in [0.25, 0.3) is 0 Å². The molecule has 1 saturated heterocycles. The fourth-order valence-corrected chi connectivity index (χ4v) is 3.26. The Labute approximate surface area is 149 Å². The number of piperidine rings is 1. The molecule has 2 aromatic rings. The maximum absolute atomic E-state index is 12.3. The van der Waals surface area contributed by atoms with Crippen LogP contribution in [0.3, 0.4) is 0 Å². The second-order valence-electron chi connectivity index (χ2n) is 6.66. The van der Waals surface area contributed by atoms with E-state index in [-0.39, 0.29) is 11.9 Å². The van der Waals surface area contributed by atoms with Crippen LogP contribution in [0.15, 0.2) is 54.7 Å². The van der Waals surface area contributed by atoms with Gasteiger partial charge in [-0.05, 0) is 44.2 Å². The number of carbonyl (C=O) groups is 1. The number of rotatable bonds is 6. The van der Waals surface area contributed by atoms with Crippen molar-refractivity contribution in [3.8, 4) is 0 Å². The van der Waals surface area contributed by atoms with Gasteiger partial charge in [0, 0.05) is 37.6 Å². The molecule has 0 atom stereocenters. The third-order valence-corrected chi connectivity index (χ3v) is 4.55. The Balaban J connectivity index is 1.40. The molecule has 0 radical (unpaired) electrons. The van der Waals surface area contributed by atoms with Gasteiger partial charge >= 0.3 is 0 Å². The summed E-state index contributed by atoms with van der Waals surface area (Å²) >= 11 is 0. The number of para-hydroxylation sites is 1. The van der Waals surface area contributed by atoms with Gasteiger partial charge in [-0.15, -0.1) is 0 Å². The second kappa shape index (κ2) is 8.62. The van der Waals surface area contributed by atoms with E-state index < -0.39 is 0 Å². The minimum Gasteiger partial charge on any atom is -0.371 e. The van der Waals surface area contributed by atoms with E-state index in [9.17, 15) is 4.79 Å². The summed E-state index contributed by atoms with van der Waals surface area (Å²) in [7, 11) is 1.95. The standard InChI is InChI=1S/C20H26N4O/c1-23(15-18-7-5-6-12-21-18)16-20(25)22-17-10-13-24(14-11-17)19-8-3-2-4-9-19/h2-9,12,17H,10-11,13-16H2,1H3,(H,22,25). The predicted molar refractivity (Wildman–Crippen MR) is 100 cm³/mol. The first-order valence-corrected chi connectivity index (χ1v) is 8.88. The smallest absolute Gasteiger partial charge is 0.234 e. The van der Waals surface area contributed by atoms with E-state index in [2.05, 4.69) is 39.5 Å². The van der Waals surface area contributed by atoms with Crippen LogP contribution in [0.1, 0.15) is 18.5 Å². The normalized spacial score (nSPS) is 15.4. The lowest BCUT2D eigenvalue weighted by Gasteiger charge is -2.34. The molecule has 5 nitrogen and oxygen atoms in total. The van der Waals surface area contributed by atoms with E-state index in [0.29, 0.717) is 13.1 Å². The Bertz CT molecular complexity index is 654. The number of pyridine rings is 1. The van der Waals surface area contributed by atoms with E-state index >= 15 is 0 Å². The molecule has 3 rings (SSSR count). The van der Waals surface area contributed by atoms with Gasteiger partial charge in [0.15, 0.2) is 0 Å². The minimum atomic E-state index is 0.0941. The fourth-order valence-electron chi connectivity index (χ4n) is 3.26. The molecule has 1 aliphatic heterocycles. The second-order valence-corrected chi connectivity index (χ2v) is 6.66. The van der Waals surface area contributed by atoms with Crippen LogP contribution in [0.2, 0.25) is 0 Å². The average Bonchev–Trinajstić information content (AvgIpc) is 2.63. The lowest BCUT2D eigenvalue weighted by atomic mass is 10.0. The SMILES string of the molecule is CN(CC(=O)NC1CCN(c2ccccc2)CC1)Cc1ccccn1. The molecule has 25 heavy (non-hydrogen) atoms. The number of benzene rings is 1. The molecular weight excluding hydrogens is 312 g/mol. The molecule has 0 bridgehead atoms. The number of carbonyl (C=O) groups excluding carboxylic acids is 1. The van der Waals surface area contributed by atoms with Crippen LogP contribution < -0.4 is 10.2 Å². The topological polar surface area (TPSA) is 48.5 Å². The Kier molecular flexibility index (Phi) is 6.01. The van der Waals surface area contributed by atoms with Crippen LogP contribution in [-0.4, -0.2) is 48.5 Å². The van der Waals surface area contributed by atoms with Crippen molar-refractivity contribution in [2.75, 3.05) is 31.6 Å². The van der Waals surface area contributed by atoms with Gasteiger partial charge in [-0.2, -0.15) is 0 Å². The summed E-state index contributed by atoms with van der Waals surface area (Å²) in [5.41, 5.74) is 2.25. The summed E-state index contributed by atoms with van der Waals surface area (Å²) in [4.78, 5) is 21.0. The maximum atomic E-state index is 12.3. The van der Waals surface area contributed by atoms with E-state index in [4.69, 9.17) is 0 Å². The van der Waals surface area contributed by atoms with Gasteiger partial charge in [-0.1, -0.05) is 24.3 Å². The maximum Gasteiger partial charge on any atom is 0.234 e. The fraction of sp³-hybridized carbons (Fsp3) is 0.400. The predicted octanol–water partition coefficient (Wildman–Crippen LogP) is 2.30. The molecule has 0 aliphatic carbocycles. The van der Waals surface area contributed by atoms with Crippen molar-refractivity contribution in [3.63, 3.8) is 0 Å². The van der Waals surface area contributed by atoms with Crippen molar-refractivity contribution in [3.05, 3.63) is 60.4 Å². The number of nitrogens with one attached hydrogen (secondary N) is 1.